The highest BCUT2D eigenvalue weighted by atomic mass is 16.3. The van der Waals surface area contributed by atoms with Crippen LogP contribution in [-0.4, -0.2) is 10.9 Å². The first-order valence-electron chi connectivity index (χ1n) is 8.03. The third-order valence-corrected chi connectivity index (χ3v) is 4.27. The summed E-state index contributed by atoms with van der Waals surface area (Å²) in [5, 5.41) is 5.15. The Morgan fingerprint density at radius 2 is 1.96 bits per heavy atom. The molecule has 2 N–H and O–H groups in total. The van der Waals surface area contributed by atoms with Gasteiger partial charge in [-0.2, -0.15) is 0 Å². The number of carbonyl (C=O) groups is 1. The molecule has 1 atom stereocenters. The first-order chi connectivity index (χ1) is 11.7. The molecule has 0 saturated heterocycles. The zero-order valence-corrected chi connectivity index (χ0v) is 13.4. The minimum atomic E-state index is -0.171. The van der Waals surface area contributed by atoms with Crippen LogP contribution in [0.4, 0.5) is 0 Å². The van der Waals surface area contributed by atoms with E-state index >= 15 is 0 Å². The van der Waals surface area contributed by atoms with Gasteiger partial charge in [0.1, 0.15) is 11.3 Å². The van der Waals surface area contributed by atoms with Crippen LogP contribution in [0, 0.1) is 0 Å². The summed E-state index contributed by atoms with van der Waals surface area (Å²) in [5.74, 6) is 0.746. The number of amides is 1. The third kappa shape index (κ3) is 2.67. The summed E-state index contributed by atoms with van der Waals surface area (Å²) in [6.45, 7) is 1.94. The van der Waals surface area contributed by atoms with E-state index < -0.39 is 0 Å². The quantitative estimate of drug-likeness (QED) is 0.588. The molecule has 0 bridgehead atoms. The van der Waals surface area contributed by atoms with Crippen molar-refractivity contribution < 1.29 is 9.21 Å². The maximum absolute atomic E-state index is 12.4. The number of hydrogen-bond donors (Lipinski definition) is 2. The summed E-state index contributed by atoms with van der Waals surface area (Å²) in [7, 11) is 0. The Kier molecular flexibility index (Phi) is 3.58. The van der Waals surface area contributed by atoms with Crippen molar-refractivity contribution in [3.05, 3.63) is 72.1 Å². The standard InChI is InChI=1S/C20H18N2O2/c1-13(19-10-14-6-2-5-9-18(14)24-19)22-20(23)11-15-12-21-17-8-4-3-7-16(15)17/h2-10,12-13,21H,11H2,1H3,(H,22,23)/t13-/m0/s1. The van der Waals surface area contributed by atoms with Gasteiger partial charge in [0.15, 0.2) is 0 Å². The molecule has 0 fully saturated rings. The van der Waals surface area contributed by atoms with E-state index in [1.807, 2.05) is 67.7 Å². The van der Waals surface area contributed by atoms with E-state index in [-0.39, 0.29) is 11.9 Å². The van der Waals surface area contributed by atoms with Gasteiger partial charge in [-0.15, -0.1) is 0 Å². The summed E-state index contributed by atoms with van der Waals surface area (Å²) in [6.07, 6.45) is 2.24. The smallest absolute Gasteiger partial charge is 0.225 e. The Balaban J connectivity index is 1.49. The Hall–Kier alpha value is -3.01. The van der Waals surface area contributed by atoms with Gasteiger partial charge in [0, 0.05) is 22.5 Å². The van der Waals surface area contributed by atoms with Gasteiger partial charge in [0.2, 0.25) is 5.91 Å². The minimum absolute atomic E-state index is 0.0206. The highest BCUT2D eigenvalue weighted by Gasteiger charge is 2.15. The predicted octanol–water partition coefficient (Wildman–Crippen LogP) is 4.33. The van der Waals surface area contributed by atoms with E-state index in [0.717, 1.165) is 33.2 Å². The lowest BCUT2D eigenvalue weighted by atomic mass is 10.1. The van der Waals surface area contributed by atoms with E-state index in [9.17, 15) is 4.79 Å². The second kappa shape index (κ2) is 5.89. The summed E-state index contributed by atoms with van der Waals surface area (Å²) in [6, 6.07) is 17.6. The molecule has 0 aliphatic rings. The fourth-order valence-corrected chi connectivity index (χ4v) is 3.03. The van der Waals surface area contributed by atoms with Crippen molar-refractivity contribution in [2.45, 2.75) is 19.4 Å². The highest BCUT2D eigenvalue weighted by molar-refractivity contribution is 5.89. The minimum Gasteiger partial charge on any atom is -0.459 e. The SMILES string of the molecule is C[C@H](NC(=O)Cc1c[nH]c2ccccc12)c1cc2ccccc2o1. The first kappa shape index (κ1) is 14.6. The van der Waals surface area contributed by atoms with Gasteiger partial charge in [0.05, 0.1) is 12.5 Å². The Morgan fingerprint density at radius 3 is 2.83 bits per heavy atom. The Labute approximate surface area is 139 Å². The van der Waals surface area contributed by atoms with E-state index in [2.05, 4.69) is 10.3 Å². The zero-order valence-electron chi connectivity index (χ0n) is 13.4. The number of nitrogens with one attached hydrogen (secondary N) is 2. The lowest BCUT2D eigenvalue weighted by Gasteiger charge is -2.11. The van der Waals surface area contributed by atoms with Crippen molar-refractivity contribution in [3.8, 4) is 0 Å². The molecule has 4 aromatic rings. The highest BCUT2D eigenvalue weighted by Crippen LogP contribution is 2.24. The molecule has 0 aliphatic heterocycles. The van der Waals surface area contributed by atoms with Crippen molar-refractivity contribution in [2.75, 3.05) is 0 Å². The number of aromatic nitrogens is 1. The molecule has 0 aliphatic carbocycles. The normalized spacial score (nSPS) is 12.5. The Morgan fingerprint density at radius 1 is 1.17 bits per heavy atom. The van der Waals surface area contributed by atoms with Gasteiger partial charge in [-0.05, 0) is 30.7 Å². The summed E-state index contributed by atoms with van der Waals surface area (Å²) in [5.41, 5.74) is 2.88. The molecule has 2 heterocycles. The lowest BCUT2D eigenvalue weighted by Crippen LogP contribution is -2.27. The summed E-state index contributed by atoms with van der Waals surface area (Å²) < 4.78 is 5.82. The van der Waals surface area contributed by atoms with Crippen molar-refractivity contribution in [2.24, 2.45) is 0 Å². The van der Waals surface area contributed by atoms with Crippen LogP contribution in [-0.2, 0) is 11.2 Å². The number of fused-ring (bicyclic) bond motifs is 2. The maximum atomic E-state index is 12.4. The monoisotopic (exact) mass is 318 g/mol. The van der Waals surface area contributed by atoms with Crippen LogP contribution < -0.4 is 5.32 Å². The van der Waals surface area contributed by atoms with Crippen LogP contribution in [0.2, 0.25) is 0 Å². The van der Waals surface area contributed by atoms with Gasteiger partial charge in [0.25, 0.3) is 0 Å². The predicted molar refractivity (Wildman–Crippen MR) is 94.8 cm³/mol. The fraction of sp³-hybridized carbons (Fsp3) is 0.150. The molecule has 2 aromatic carbocycles. The summed E-state index contributed by atoms with van der Waals surface area (Å²) in [4.78, 5) is 15.6. The molecule has 0 saturated carbocycles. The molecule has 1 amide bonds. The number of hydrogen-bond acceptors (Lipinski definition) is 2. The van der Waals surface area contributed by atoms with Crippen LogP contribution in [0.3, 0.4) is 0 Å². The van der Waals surface area contributed by atoms with Crippen LogP contribution in [0.15, 0.2) is 65.2 Å². The van der Waals surface area contributed by atoms with Crippen LogP contribution in [0.25, 0.3) is 21.9 Å². The number of para-hydroxylation sites is 2. The van der Waals surface area contributed by atoms with Crippen molar-refractivity contribution in [1.82, 2.24) is 10.3 Å². The van der Waals surface area contributed by atoms with Gasteiger partial charge in [-0.25, -0.2) is 0 Å². The maximum Gasteiger partial charge on any atom is 0.225 e. The first-order valence-corrected chi connectivity index (χ1v) is 8.03. The molecule has 0 radical (unpaired) electrons. The molecule has 120 valence electrons. The number of rotatable bonds is 4. The molecule has 4 rings (SSSR count). The third-order valence-electron chi connectivity index (χ3n) is 4.27. The second-order valence-corrected chi connectivity index (χ2v) is 6.01. The van der Waals surface area contributed by atoms with Crippen molar-refractivity contribution >= 4 is 27.8 Å². The number of carbonyl (C=O) groups excluding carboxylic acids is 1. The number of H-pyrrole nitrogens is 1. The molecular weight excluding hydrogens is 300 g/mol. The average Bonchev–Trinajstić information content (AvgIpc) is 3.19. The van der Waals surface area contributed by atoms with E-state index in [0.29, 0.717) is 6.42 Å². The molecule has 24 heavy (non-hydrogen) atoms. The molecule has 4 heteroatoms. The molecule has 4 nitrogen and oxygen atoms in total. The fourth-order valence-electron chi connectivity index (χ4n) is 3.03. The lowest BCUT2D eigenvalue weighted by molar-refractivity contribution is -0.121. The topological polar surface area (TPSA) is 58.0 Å². The largest absolute Gasteiger partial charge is 0.459 e. The van der Waals surface area contributed by atoms with Crippen molar-refractivity contribution in [3.63, 3.8) is 0 Å². The zero-order chi connectivity index (χ0) is 16.5. The van der Waals surface area contributed by atoms with E-state index in [1.165, 1.54) is 0 Å². The molecule has 0 spiro atoms. The molecular formula is C20H18N2O2. The number of furan rings is 1. The molecule has 2 aromatic heterocycles. The van der Waals surface area contributed by atoms with Crippen LogP contribution in [0.5, 0.6) is 0 Å². The number of aromatic amines is 1. The van der Waals surface area contributed by atoms with Gasteiger partial charge in [-0.3, -0.25) is 4.79 Å². The van der Waals surface area contributed by atoms with Gasteiger partial charge >= 0.3 is 0 Å². The van der Waals surface area contributed by atoms with Crippen molar-refractivity contribution in [1.29, 1.82) is 0 Å². The Bertz CT molecular complexity index is 980. The van der Waals surface area contributed by atoms with Crippen LogP contribution >= 0.6 is 0 Å². The van der Waals surface area contributed by atoms with E-state index in [4.69, 9.17) is 4.42 Å². The number of benzene rings is 2. The second-order valence-electron chi connectivity index (χ2n) is 6.01. The van der Waals surface area contributed by atoms with Gasteiger partial charge < -0.3 is 14.7 Å². The average molecular weight is 318 g/mol. The summed E-state index contributed by atoms with van der Waals surface area (Å²) >= 11 is 0. The van der Waals surface area contributed by atoms with Crippen LogP contribution in [0.1, 0.15) is 24.3 Å². The van der Waals surface area contributed by atoms with Gasteiger partial charge in [-0.1, -0.05) is 36.4 Å². The van der Waals surface area contributed by atoms with E-state index in [1.54, 1.807) is 0 Å². The molecule has 0 unspecified atom stereocenters.